The van der Waals surface area contributed by atoms with Gasteiger partial charge >= 0.3 is 5.97 Å². The van der Waals surface area contributed by atoms with Crippen molar-refractivity contribution in [1.29, 1.82) is 0 Å². The molecule has 1 aliphatic carbocycles. The van der Waals surface area contributed by atoms with Gasteiger partial charge in [-0.25, -0.2) is 4.79 Å². The fourth-order valence-corrected chi connectivity index (χ4v) is 7.82. The molecule has 1 fully saturated rings. The number of anilines is 1. The van der Waals surface area contributed by atoms with E-state index in [1.165, 1.54) is 0 Å². The smallest absolute Gasteiger partial charge is 0.340 e. The monoisotopic (exact) mass is 589 g/mol. The second kappa shape index (κ2) is 9.35. The molecule has 0 spiro atoms. The minimum Gasteiger partial charge on any atom is -0.458 e. The molecule has 12 nitrogen and oxygen atoms in total. The highest BCUT2D eigenvalue weighted by molar-refractivity contribution is 5.89. The Hall–Kier alpha value is -4.29. The summed E-state index contributed by atoms with van der Waals surface area (Å²) in [5.41, 5.74) is 10.7. The lowest BCUT2D eigenvalue weighted by Gasteiger charge is -2.57. The first kappa shape index (κ1) is 27.5. The van der Waals surface area contributed by atoms with Gasteiger partial charge in [0.15, 0.2) is 17.6 Å². The number of fused-ring (bicyclic) bond motifs is 6. The van der Waals surface area contributed by atoms with E-state index in [9.17, 15) is 19.5 Å². The van der Waals surface area contributed by atoms with Gasteiger partial charge in [0.25, 0.3) is 5.56 Å². The molecule has 6 N–H and O–H groups in total. The lowest BCUT2D eigenvalue weighted by Crippen LogP contribution is -2.59. The average Bonchev–Trinajstić information content (AvgIpc) is 3.55. The van der Waals surface area contributed by atoms with Gasteiger partial charge in [-0.1, -0.05) is 13.5 Å². The predicted molar refractivity (Wildman–Crippen MR) is 156 cm³/mol. The van der Waals surface area contributed by atoms with Gasteiger partial charge in [0.2, 0.25) is 12.7 Å². The number of nitrogens with zero attached hydrogens (tertiary/aromatic N) is 1. The molecule has 3 atom stereocenters. The van der Waals surface area contributed by atoms with Crippen LogP contribution in [0.4, 0.5) is 5.69 Å². The van der Waals surface area contributed by atoms with Crippen LogP contribution in [0.1, 0.15) is 68.1 Å². The molecule has 226 valence electrons. The number of esters is 1. The number of cyclic esters (lactones) is 1. The Morgan fingerprint density at radius 1 is 1.21 bits per heavy atom. The van der Waals surface area contributed by atoms with Crippen molar-refractivity contribution >= 4 is 23.1 Å². The van der Waals surface area contributed by atoms with Gasteiger partial charge in [0, 0.05) is 46.4 Å². The fourth-order valence-electron chi connectivity index (χ4n) is 7.82. The number of allylic oxidation sites excluding steroid dienone is 1. The topological polar surface area (TPSA) is 166 Å². The fraction of sp³-hybridized carbons (Fsp3) is 0.452. The summed E-state index contributed by atoms with van der Waals surface area (Å²) < 4.78 is 18.2. The Labute approximate surface area is 247 Å². The third kappa shape index (κ3) is 4.14. The first-order valence-electron chi connectivity index (χ1n) is 14.4. The molecule has 1 saturated carbocycles. The van der Waals surface area contributed by atoms with Crippen LogP contribution in [-0.2, 0) is 27.5 Å². The van der Waals surface area contributed by atoms with Gasteiger partial charge < -0.3 is 45.6 Å². The summed E-state index contributed by atoms with van der Waals surface area (Å²) in [5.74, 6) is 0.306. The molecule has 0 saturated heterocycles. The summed E-state index contributed by atoms with van der Waals surface area (Å²) in [6, 6.07) is 5.07. The van der Waals surface area contributed by atoms with Crippen LogP contribution in [0.3, 0.4) is 0 Å². The van der Waals surface area contributed by atoms with Crippen LogP contribution in [0.15, 0.2) is 40.8 Å². The van der Waals surface area contributed by atoms with Crippen LogP contribution < -0.4 is 36.7 Å². The van der Waals surface area contributed by atoms with Gasteiger partial charge in [0.05, 0.1) is 24.2 Å². The Kier molecular flexibility index (Phi) is 5.99. The van der Waals surface area contributed by atoms with Crippen molar-refractivity contribution in [1.82, 2.24) is 15.2 Å². The zero-order valence-corrected chi connectivity index (χ0v) is 24.3. The highest BCUT2D eigenvalue weighted by atomic mass is 16.7. The molecular formula is C31H35N5O7. The second-order valence-electron chi connectivity index (χ2n) is 12.8. The van der Waals surface area contributed by atoms with Crippen molar-refractivity contribution in [2.45, 2.75) is 70.5 Å². The molecule has 2 aromatic rings. The molecule has 1 aromatic carbocycles. The third-order valence-corrected chi connectivity index (χ3v) is 9.43. The van der Waals surface area contributed by atoms with Crippen molar-refractivity contribution in [3.63, 3.8) is 0 Å². The summed E-state index contributed by atoms with van der Waals surface area (Å²) in [7, 11) is 0. The molecule has 5 heterocycles. The number of amides is 1. The Balaban J connectivity index is 1.28. The zero-order chi connectivity index (χ0) is 30.4. The first-order chi connectivity index (χ1) is 20.4. The van der Waals surface area contributed by atoms with Crippen molar-refractivity contribution < 1.29 is 28.9 Å². The Bertz CT molecular complexity index is 1700. The summed E-state index contributed by atoms with van der Waals surface area (Å²) in [4.78, 5) is 37.6. The second-order valence-corrected chi connectivity index (χ2v) is 12.8. The van der Waals surface area contributed by atoms with E-state index in [1.54, 1.807) is 10.6 Å². The van der Waals surface area contributed by atoms with E-state index in [0.717, 1.165) is 35.2 Å². The minimum absolute atomic E-state index is 0.0896. The number of carbonyl (C=O) groups is 2. The molecule has 1 amide bonds. The molecule has 0 bridgehead atoms. The Morgan fingerprint density at radius 2 is 1.93 bits per heavy atom. The predicted octanol–water partition coefficient (Wildman–Crippen LogP) is 1.73. The molecule has 0 radical (unpaired) electrons. The average molecular weight is 590 g/mol. The normalized spacial score (nSPS) is 28.3. The van der Waals surface area contributed by atoms with Crippen molar-refractivity contribution in [3.8, 4) is 11.5 Å². The molecule has 43 heavy (non-hydrogen) atoms. The summed E-state index contributed by atoms with van der Waals surface area (Å²) in [5, 5.41) is 20.6. The highest BCUT2D eigenvalue weighted by Gasteiger charge is 2.54. The number of nitrogens with one attached hydrogen (secondary N) is 3. The molecule has 12 heteroatoms. The van der Waals surface area contributed by atoms with Crippen LogP contribution >= 0.6 is 0 Å². The summed E-state index contributed by atoms with van der Waals surface area (Å²) >= 11 is 0. The molecule has 7 rings (SSSR count). The first-order valence-corrected chi connectivity index (χ1v) is 14.4. The van der Waals surface area contributed by atoms with Crippen LogP contribution in [0.2, 0.25) is 0 Å². The number of pyridine rings is 1. The van der Waals surface area contributed by atoms with E-state index < -0.39 is 12.1 Å². The number of rotatable bonds is 6. The molecular weight excluding hydrogens is 554 g/mol. The standard InChI is InChI=1S/C31H35N5O7/c1-14(33-24(37)8-32)15(2)35-31(4)11-30(3,12-31)25-17-6-22-23(43-13-42-22)7-20(17)34-26-18(25)9-36-21(26)5-16-19(28(36)39)10-41-29(40)27(16)38/h5-7,14,26-27,34-35,38H,2,8-13,32H2,1,3-4H3,(H,33,37)/t14?,26?,27-,30?,31?/m0/s1. The Morgan fingerprint density at radius 3 is 2.65 bits per heavy atom. The summed E-state index contributed by atoms with van der Waals surface area (Å²) in [6.07, 6.45) is 0.0260. The van der Waals surface area contributed by atoms with Crippen molar-refractivity contribution in [2.75, 3.05) is 18.7 Å². The quantitative estimate of drug-likeness (QED) is 0.313. The number of hydrogen-bond donors (Lipinski definition) is 5. The third-order valence-electron chi connectivity index (χ3n) is 9.43. The number of nitrogens with two attached hydrogens (primary N) is 1. The van der Waals surface area contributed by atoms with Crippen LogP contribution in [0.5, 0.6) is 11.5 Å². The van der Waals surface area contributed by atoms with E-state index in [-0.39, 0.29) is 54.4 Å². The zero-order valence-electron chi connectivity index (χ0n) is 24.3. The number of aliphatic hydroxyl groups is 1. The number of aliphatic hydroxyl groups excluding tert-OH is 1. The van der Waals surface area contributed by atoms with Gasteiger partial charge in [-0.2, -0.15) is 0 Å². The largest absolute Gasteiger partial charge is 0.458 e. The van der Waals surface area contributed by atoms with E-state index in [1.807, 2.05) is 19.1 Å². The number of benzene rings is 1. The van der Waals surface area contributed by atoms with E-state index >= 15 is 0 Å². The lowest BCUT2D eigenvalue weighted by molar-refractivity contribution is -0.157. The maximum Gasteiger partial charge on any atom is 0.340 e. The van der Waals surface area contributed by atoms with Crippen molar-refractivity contribution in [3.05, 3.63) is 68.8 Å². The molecule has 2 unspecified atom stereocenters. The maximum atomic E-state index is 13.7. The van der Waals surface area contributed by atoms with Crippen LogP contribution in [0, 0.1) is 5.41 Å². The van der Waals surface area contributed by atoms with Gasteiger partial charge in [-0.3, -0.25) is 9.59 Å². The summed E-state index contributed by atoms with van der Waals surface area (Å²) in [6.45, 7) is 10.7. The SMILES string of the molecule is C=C(NC1(C)CC(C)(C2=C3Cn4c(cc5c(c4=O)COC(=O)[C@H]5O)C3Nc3cc4c(cc32)OCO4)C1)C(C)NC(=O)CN. The number of ether oxygens (including phenoxy) is 3. The molecule has 4 aliphatic heterocycles. The molecule has 5 aliphatic rings. The number of aromatic nitrogens is 1. The molecule has 1 aromatic heterocycles. The van der Waals surface area contributed by atoms with Crippen LogP contribution in [-0.4, -0.2) is 46.5 Å². The lowest BCUT2D eigenvalue weighted by atomic mass is 9.53. The van der Waals surface area contributed by atoms with Gasteiger partial charge in [0.1, 0.15) is 6.61 Å². The van der Waals surface area contributed by atoms with Crippen LogP contribution in [0.25, 0.3) is 5.57 Å². The maximum absolute atomic E-state index is 13.7. The number of carbonyl (C=O) groups excluding carboxylic acids is 2. The highest BCUT2D eigenvalue weighted by Crippen LogP contribution is 2.62. The van der Waals surface area contributed by atoms with Crippen molar-refractivity contribution in [2.24, 2.45) is 11.1 Å². The van der Waals surface area contributed by atoms with Gasteiger partial charge in [-0.05, 0) is 55.4 Å². The minimum atomic E-state index is -1.50. The van der Waals surface area contributed by atoms with E-state index in [0.29, 0.717) is 40.6 Å². The van der Waals surface area contributed by atoms with E-state index in [4.69, 9.17) is 19.9 Å². The number of hydrogen-bond acceptors (Lipinski definition) is 10. The van der Waals surface area contributed by atoms with Gasteiger partial charge in [-0.15, -0.1) is 0 Å². The van der Waals surface area contributed by atoms with E-state index in [2.05, 4.69) is 36.4 Å².